The van der Waals surface area contributed by atoms with Crippen LogP contribution in [0.5, 0.6) is 0 Å². The topological polar surface area (TPSA) is 20.3 Å². The maximum Gasteiger partial charge on any atom is 0.257 e. The van der Waals surface area contributed by atoms with Gasteiger partial charge in [0.2, 0.25) is 0 Å². The number of amides is 1. The fourth-order valence-electron chi connectivity index (χ4n) is 2.04. The van der Waals surface area contributed by atoms with Crippen molar-refractivity contribution in [3.05, 3.63) is 34.1 Å². The Morgan fingerprint density at radius 1 is 1.44 bits per heavy atom. The summed E-state index contributed by atoms with van der Waals surface area (Å²) in [4.78, 5) is 13.7. The Bertz CT molecular complexity index is 445. The number of halogens is 2. The number of benzene rings is 1. The Morgan fingerprint density at radius 3 is 2.75 bits per heavy atom. The third-order valence-electron chi connectivity index (χ3n) is 2.86. The van der Waals surface area contributed by atoms with Crippen LogP contribution in [0.2, 0.25) is 5.02 Å². The maximum atomic E-state index is 13.7. The van der Waals surface area contributed by atoms with Crippen LogP contribution in [0.15, 0.2) is 12.1 Å². The Labute approximate surface area is 99.0 Å². The van der Waals surface area contributed by atoms with E-state index in [4.69, 9.17) is 11.6 Å². The van der Waals surface area contributed by atoms with E-state index < -0.39 is 5.82 Å². The standard InChI is InChI=1S/C12H13ClFNO/c1-7(2)15-4-3-8-5-9(13)6-10(14)11(8)12(15)16/h5-7H,3-4H2,1-2H3. The molecule has 0 spiro atoms. The summed E-state index contributed by atoms with van der Waals surface area (Å²) in [5.41, 5.74) is 0.899. The fraction of sp³-hybridized carbons (Fsp3) is 0.417. The molecule has 1 aromatic rings. The van der Waals surface area contributed by atoms with Gasteiger partial charge in [-0.15, -0.1) is 0 Å². The maximum absolute atomic E-state index is 13.7. The molecule has 0 aliphatic carbocycles. The SMILES string of the molecule is CC(C)N1CCc2cc(Cl)cc(F)c2C1=O. The Balaban J connectivity index is 2.49. The molecule has 0 saturated carbocycles. The largest absolute Gasteiger partial charge is 0.336 e. The number of hydrogen-bond acceptors (Lipinski definition) is 1. The van der Waals surface area contributed by atoms with Crippen molar-refractivity contribution in [2.24, 2.45) is 0 Å². The van der Waals surface area contributed by atoms with Crippen LogP contribution in [0.25, 0.3) is 0 Å². The molecule has 1 aliphatic heterocycles. The second-order valence-corrected chi connectivity index (χ2v) is 4.70. The molecule has 0 N–H and O–H groups in total. The second-order valence-electron chi connectivity index (χ2n) is 4.26. The molecule has 0 unspecified atom stereocenters. The molecule has 2 rings (SSSR count). The van der Waals surface area contributed by atoms with Gasteiger partial charge in [-0.1, -0.05) is 11.6 Å². The first-order chi connectivity index (χ1) is 7.50. The van der Waals surface area contributed by atoms with E-state index in [2.05, 4.69) is 0 Å². The first-order valence-electron chi connectivity index (χ1n) is 5.29. The van der Waals surface area contributed by atoms with Gasteiger partial charge in [0.15, 0.2) is 0 Å². The zero-order valence-electron chi connectivity index (χ0n) is 9.26. The van der Waals surface area contributed by atoms with Gasteiger partial charge in [0.1, 0.15) is 5.82 Å². The average Bonchev–Trinajstić information content (AvgIpc) is 2.15. The highest BCUT2D eigenvalue weighted by atomic mass is 35.5. The van der Waals surface area contributed by atoms with E-state index in [0.29, 0.717) is 23.6 Å². The van der Waals surface area contributed by atoms with Gasteiger partial charge in [0.05, 0.1) is 5.56 Å². The van der Waals surface area contributed by atoms with E-state index in [9.17, 15) is 9.18 Å². The molecule has 0 radical (unpaired) electrons. The summed E-state index contributed by atoms with van der Waals surface area (Å²) in [6.07, 6.45) is 0.663. The van der Waals surface area contributed by atoms with Crippen molar-refractivity contribution in [1.82, 2.24) is 4.90 Å². The van der Waals surface area contributed by atoms with E-state index >= 15 is 0 Å². The van der Waals surface area contributed by atoms with Crippen molar-refractivity contribution in [3.63, 3.8) is 0 Å². The third-order valence-corrected chi connectivity index (χ3v) is 3.08. The van der Waals surface area contributed by atoms with Crippen LogP contribution in [0.3, 0.4) is 0 Å². The molecule has 2 nitrogen and oxygen atoms in total. The van der Waals surface area contributed by atoms with Crippen LogP contribution in [0.4, 0.5) is 4.39 Å². The minimum atomic E-state index is -0.516. The molecule has 1 amide bonds. The predicted molar refractivity (Wildman–Crippen MR) is 61.3 cm³/mol. The van der Waals surface area contributed by atoms with Gasteiger partial charge >= 0.3 is 0 Å². The number of fused-ring (bicyclic) bond motifs is 1. The lowest BCUT2D eigenvalue weighted by atomic mass is 9.97. The lowest BCUT2D eigenvalue weighted by Gasteiger charge is -2.32. The van der Waals surface area contributed by atoms with Gasteiger partial charge in [0, 0.05) is 17.6 Å². The highest BCUT2D eigenvalue weighted by Gasteiger charge is 2.29. The van der Waals surface area contributed by atoms with Gasteiger partial charge in [-0.3, -0.25) is 4.79 Å². The van der Waals surface area contributed by atoms with E-state index in [1.165, 1.54) is 6.07 Å². The molecule has 4 heteroatoms. The summed E-state index contributed by atoms with van der Waals surface area (Å²) >= 11 is 5.76. The summed E-state index contributed by atoms with van der Waals surface area (Å²) in [6.45, 7) is 4.48. The van der Waals surface area contributed by atoms with E-state index in [0.717, 1.165) is 0 Å². The molecular formula is C12H13ClFNO. The van der Waals surface area contributed by atoms with Crippen LogP contribution in [0.1, 0.15) is 29.8 Å². The normalized spacial score (nSPS) is 15.6. The summed E-state index contributed by atoms with van der Waals surface area (Å²) in [6, 6.07) is 2.97. The molecule has 0 aromatic heterocycles. The van der Waals surface area contributed by atoms with E-state index in [1.807, 2.05) is 13.8 Å². The average molecular weight is 242 g/mol. The quantitative estimate of drug-likeness (QED) is 0.740. The molecule has 1 aromatic carbocycles. The number of carbonyl (C=O) groups excluding carboxylic acids is 1. The van der Waals surface area contributed by atoms with Gasteiger partial charge in [0.25, 0.3) is 5.91 Å². The van der Waals surface area contributed by atoms with Crippen molar-refractivity contribution in [2.75, 3.05) is 6.54 Å². The van der Waals surface area contributed by atoms with Gasteiger partial charge in [-0.05, 0) is 38.0 Å². The lowest BCUT2D eigenvalue weighted by Crippen LogP contribution is -2.42. The number of nitrogens with zero attached hydrogens (tertiary/aromatic N) is 1. The monoisotopic (exact) mass is 241 g/mol. The molecule has 0 saturated heterocycles. The summed E-state index contributed by atoms with van der Waals surface area (Å²) in [5, 5.41) is 0.349. The van der Waals surface area contributed by atoms with Gasteiger partial charge in [-0.2, -0.15) is 0 Å². The van der Waals surface area contributed by atoms with Crippen molar-refractivity contribution >= 4 is 17.5 Å². The van der Waals surface area contributed by atoms with Crippen molar-refractivity contribution < 1.29 is 9.18 Å². The van der Waals surface area contributed by atoms with Crippen molar-refractivity contribution in [3.8, 4) is 0 Å². The van der Waals surface area contributed by atoms with Crippen LogP contribution >= 0.6 is 11.6 Å². The molecule has 1 aliphatic rings. The number of rotatable bonds is 1. The summed E-state index contributed by atoms with van der Waals surface area (Å²) < 4.78 is 13.7. The molecule has 86 valence electrons. The minimum absolute atomic E-state index is 0.0933. The smallest absolute Gasteiger partial charge is 0.257 e. The Hall–Kier alpha value is -1.09. The second kappa shape index (κ2) is 4.06. The van der Waals surface area contributed by atoms with E-state index in [1.54, 1.807) is 11.0 Å². The summed E-state index contributed by atoms with van der Waals surface area (Å²) in [5.74, 6) is -0.747. The lowest BCUT2D eigenvalue weighted by molar-refractivity contribution is 0.0683. The van der Waals surface area contributed by atoms with Crippen LogP contribution in [-0.2, 0) is 6.42 Å². The fourth-order valence-corrected chi connectivity index (χ4v) is 2.27. The van der Waals surface area contributed by atoms with Crippen LogP contribution < -0.4 is 0 Å². The van der Waals surface area contributed by atoms with E-state index in [-0.39, 0.29) is 17.5 Å². The Morgan fingerprint density at radius 2 is 2.12 bits per heavy atom. The van der Waals surface area contributed by atoms with Crippen molar-refractivity contribution in [2.45, 2.75) is 26.3 Å². The van der Waals surface area contributed by atoms with Gasteiger partial charge < -0.3 is 4.90 Å². The molecule has 0 bridgehead atoms. The number of hydrogen-bond donors (Lipinski definition) is 0. The first kappa shape index (κ1) is 11.4. The predicted octanol–water partition coefficient (Wildman–Crippen LogP) is 2.89. The molecular weight excluding hydrogens is 229 g/mol. The summed E-state index contributed by atoms with van der Waals surface area (Å²) in [7, 11) is 0. The highest BCUT2D eigenvalue weighted by Crippen LogP contribution is 2.26. The van der Waals surface area contributed by atoms with Gasteiger partial charge in [-0.25, -0.2) is 4.39 Å². The molecule has 0 atom stereocenters. The molecule has 0 fully saturated rings. The minimum Gasteiger partial charge on any atom is -0.336 e. The van der Waals surface area contributed by atoms with Crippen LogP contribution in [-0.4, -0.2) is 23.4 Å². The molecule has 1 heterocycles. The first-order valence-corrected chi connectivity index (χ1v) is 5.67. The molecule has 16 heavy (non-hydrogen) atoms. The van der Waals surface area contributed by atoms with Crippen molar-refractivity contribution in [1.29, 1.82) is 0 Å². The Kier molecular flexibility index (Phi) is 2.89. The third kappa shape index (κ3) is 1.80. The zero-order chi connectivity index (χ0) is 11.9. The highest BCUT2D eigenvalue weighted by molar-refractivity contribution is 6.30. The zero-order valence-corrected chi connectivity index (χ0v) is 10.0. The van der Waals surface area contributed by atoms with Crippen LogP contribution in [0, 0.1) is 5.82 Å². The number of carbonyl (C=O) groups is 1.